The Bertz CT molecular complexity index is 487. The number of hydrogen-bond acceptors (Lipinski definition) is 3. The number of carboxylic acids is 1. The molecule has 0 saturated heterocycles. The fourth-order valence-corrected chi connectivity index (χ4v) is 1.26. The van der Waals surface area contributed by atoms with Crippen molar-refractivity contribution in [1.29, 1.82) is 0 Å². The number of benzene rings is 1. The summed E-state index contributed by atoms with van der Waals surface area (Å²) in [5.74, 6) is -2.49. The number of halogens is 3. The number of hydrogen-bond donors (Lipinski definition) is 3. The third-order valence-corrected chi connectivity index (χ3v) is 2.24. The monoisotopic (exact) mass is 277 g/mol. The molecule has 0 saturated carbocycles. The smallest absolute Gasteiger partial charge is 0.416 e. The number of carboxylic acid groups (broad SMARTS) is 1. The van der Waals surface area contributed by atoms with Crippen LogP contribution in [0.5, 0.6) is 0 Å². The van der Waals surface area contributed by atoms with Crippen molar-refractivity contribution in [1.82, 2.24) is 5.32 Å². The lowest BCUT2D eigenvalue weighted by atomic mass is 10.1. The fourth-order valence-electron chi connectivity index (χ4n) is 1.26. The highest BCUT2D eigenvalue weighted by atomic mass is 19.4. The number of amides is 1. The maximum absolute atomic E-state index is 12.4. The van der Waals surface area contributed by atoms with E-state index in [1.54, 1.807) is 0 Å². The number of rotatable bonds is 4. The van der Waals surface area contributed by atoms with Gasteiger partial charge in [-0.1, -0.05) is 6.07 Å². The molecule has 1 aromatic carbocycles. The molecule has 0 heterocycles. The van der Waals surface area contributed by atoms with Gasteiger partial charge < -0.3 is 15.5 Å². The van der Waals surface area contributed by atoms with Gasteiger partial charge in [0.15, 0.2) is 6.04 Å². The Kier molecular flexibility index (Phi) is 4.49. The molecule has 0 aliphatic rings. The second kappa shape index (κ2) is 5.70. The van der Waals surface area contributed by atoms with E-state index in [-0.39, 0.29) is 5.56 Å². The lowest BCUT2D eigenvalue weighted by molar-refractivity contribution is -0.140. The lowest BCUT2D eigenvalue weighted by Gasteiger charge is -2.12. The molecule has 0 bridgehead atoms. The van der Waals surface area contributed by atoms with Gasteiger partial charge in [0.05, 0.1) is 12.2 Å². The predicted octanol–water partition coefficient (Wildman–Crippen LogP) is 0.881. The average Bonchev–Trinajstić information content (AvgIpc) is 2.34. The fraction of sp³-hybridized carbons (Fsp3) is 0.273. The third-order valence-electron chi connectivity index (χ3n) is 2.24. The Labute approximate surface area is 105 Å². The Morgan fingerprint density at radius 2 is 1.95 bits per heavy atom. The van der Waals surface area contributed by atoms with Gasteiger partial charge in [-0.2, -0.15) is 13.2 Å². The van der Waals surface area contributed by atoms with E-state index in [0.29, 0.717) is 6.07 Å². The number of carbonyl (C=O) groups is 2. The standard InChI is InChI=1S/C11H10F3NO4/c12-11(13,14)7-3-1-2-6(4-7)9(17)15-8(5-16)10(18)19/h1-4,8,16H,5H2,(H,15,17)(H,18,19)/t8-/m0/s1. The first-order valence-electron chi connectivity index (χ1n) is 5.07. The first-order chi connectivity index (χ1) is 8.75. The van der Waals surface area contributed by atoms with E-state index >= 15 is 0 Å². The van der Waals surface area contributed by atoms with Gasteiger partial charge in [-0.25, -0.2) is 4.79 Å². The van der Waals surface area contributed by atoms with Crippen LogP contribution < -0.4 is 5.32 Å². The zero-order valence-corrected chi connectivity index (χ0v) is 9.44. The molecule has 8 heteroatoms. The second-order valence-electron chi connectivity index (χ2n) is 3.63. The van der Waals surface area contributed by atoms with Gasteiger partial charge in [0, 0.05) is 5.56 Å². The summed E-state index contributed by atoms with van der Waals surface area (Å²) in [6.45, 7) is -0.861. The molecule has 0 spiro atoms. The van der Waals surface area contributed by atoms with Crippen LogP contribution in [0.2, 0.25) is 0 Å². The van der Waals surface area contributed by atoms with E-state index in [0.717, 1.165) is 18.2 Å². The maximum atomic E-state index is 12.4. The van der Waals surface area contributed by atoms with Gasteiger partial charge in [0.25, 0.3) is 5.91 Å². The SMILES string of the molecule is O=C(N[C@@H](CO)C(=O)O)c1cccc(C(F)(F)F)c1. The predicted molar refractivity (Wildman–Crippen MR) is 57.4 cm³/mol. The summed E-state index contributed by atoms with van der Waals surface area (Å²) in [5.41, 5.74) is -1.36. The van der Waals surface area contributed by atoms with Crippen molar-refractivity contribution in [2.45, 2.75) is 12.2 Å². The molecule has 1 atom stereocenters. The van der Waals surface area contributed by atoms with Crippen molar-refractivity contribution in [3.8, 4) is 0 Å². The molecule has 0 aliphatic heterocycles. The van der Waals surface area contributed by atoms with E-state index in [2.05, 4.69) is 0 Å². The number of aliphatic hydroxyl groups is 1. The summed E-state index contributed by atoms with van der Waals surface area (Å²) in [7, 11) is 0. The number of carbonyl (C=O) groups excluding carboxylic acids is 1. The zero-order valence-electron chi connectivity index (χ0n) is 9.44. The molecular weight excluding hydrogens is 267 g/mol. The molecule has 3 N–H and O–H groups in total. The number of alkyl halides is 3. The Balaban J connectivity index is 2.92. The van der Waals surface area contributed by atoms with E-state index in [1.165, 1.54) is 0 Å². The molecule has 1 rings (SSSR count). The van der Waals surface area contributed by atoms with Gasteiger partial charge in [0.1, 0.15) is 0 Å². The highest BCUT2D eigenvalue weighted by Crippen LogP contribution is 2.29. The van der Waals surface area contributed by atoms with Gasteiger partial charge in [-0.05, 0) is 18.2 Å². The van der Waals surface area contributed by atoms with Crippen LogP contribution in [-0.2, 0) is 11.0 Å². The van der Waals surface area contributed by atoms with Gasteiger partial charge in [-0.15, -0.1) is 0 Å². The summed E-state index contributed by atoms with van der Waals surface area (Å²) < 4.78 is 37.3. The highest BCUT2D eigenvalue weighted by Gasteiger charge is 2.31. The van der Waals surface area contributed by atoms with E-state index in [4.69, 9.17) is 10.2 Å². The average molecular weight is 277 g/mol. The molecule has 19 heavy (non-hydrogen) atoms. The van der Waals surface area contributed by atoms with Crippen molar-refractivity contribution in [2.24, 2.45) is 0 Å². The molecule has 0 aliphatic carbocycles. The Morgan fingerprint density at radius 1 is 1.32 bits per heavy atom. The lowest BCUT2D eigenvalue weighted by Crippen LogP contribution is -2.43. The van der Waals surface area contributed by atoms with E-state index in [1.807, 2.05) is 5.32 Å². The van der Waals surface area contributed by atoms with Crippen LogP contribution in [0.15, 0.2) is 24.3 Å². The molecule has 0 unspecified atom stereocenters. The van der Waals surface area contributed by atoms with Gasteiger partial charge in [0.2, 0.25) is 0 Å². The van der Waals surface area contributed by atoms with Crippen molar-refractivity contribution in [3.05, 3.63) is 35.4 Å². The third kappa shape index (κ3) is 3.95. The minimum atomic E-state index is -4.60. The van der Waals surface area contributed by atoms with Crippen LogP contribution in [0.4, 0.5) is 13.2 Å². The Hall–Kier alpha value is -2.09. The first-order valence-corrected chi connectivity index (χ1v) is 5.07. The van der Waals surface area contributed by atoms with Crippen LogP contribution in [-0.4, -0.2) is 34.7 Å². The van der Waals surface area contributed by atoms with Crippen LogP contribution >= 0.6 is 0 Å². The maximum Gasteiger partial charge on any atom is 0.416 e. The molecule has 1 aromatic rings. The van der Waals surface area contributed by atoms with Crippen molar-refractivity contribution >= 4 is 11.9 Å². The highest BCUT2D eigenvalue weighted by molar-refractivity contribution is 5.96. The van der Waals surface area contributed by atoms with Crippen molar-refractivity contribution in [3.63, 3.8) is 0 Å². The summed E-state index contributed by atoms with van der Waals surface area (Å²) in [5, 5.41) is 19.2. The second-order valence-corrected chi connectivity index (χ2v) is 3.63. The van der Waals surface area contributed by atoms with Crippen LogP contribution in [0.25, 0.3) is 0 Å². The summed E-state index contributed by atoms with van der Waals surface area (Å²) in [6.07, 6.45) is -4.60. The quantitative estimate of drug-likeness (QED) is 0.762. The van der Waals surface area contributed by atoms with Crippen LogP contribution in [0.1, 0.15) is 15.9 Å². The molecule has 0 aromatic heterocycles. The molecule has 104 valence electrons. The number of aliphatic hydroxyl groups excluding tert-OH is 1. The Morgan fingerprint density at radius 3 is 2.42 bits per heavy atom. The van der Waals surface area contributed by atoms with Gasteiger partial charge >= 0.3 is 12.1 Å². The molecule has 5 nitrogen and oxygen atoms in total. The topological polar surface area (TPSA) is 86.6 Å². The number of nitrogens with one attached hydrogen (secondary N) is 1. The molecule has 0 fully saturated rings. The number of aliphatic carboxylic acids is 1. The summed E-state index contributed by atoms with van der Waals surface area (Å²) in [6, 6.07) is 1.97. The minimum absolute atomic E-state index is 0.338. The van der Waals surface area contributed by atoms with Crippen molar-refractivity contribution < 1.29 is 33.0 Å². The van der Waals surface area contributed by atoms with E-state index in [9.17, 15) is 22.8 Å². The molecule has 1 amide bonds. The summed E-state index contributed by atoms with van der Waals surface area (Å²) in [4.78, 5) is 22.1. The largest absolute Gasteiger partial charge is 0.480 e. The molecular formula is C11H10F3NO4. The van der Waals surface area contributed by atoms with Crippen molar-refractivity contribution in [2.75, 3.05) is 6.61 Å². The molecule has 0 radical (unpaired) electrons. The first kappa shape index (κ1) is 15.0. The summed E-state index contributed by atoms with van der Waals surface area (Å²) >= 11 is 0. The van der Waals surface area contributed by atoms with Crippen LogP contribution in [0.3, 0.4) is 0 Å². The minimum Gasteiger partial charge on any atom is -0.480 e. The van der Waals surface area contributed by atoms with E-state index < -0.39 is 36.3 Å². The normalized spacial score (nSPS) is 12.8. The zero-order chi connectivity index (χ0) is 14.6. The van der Waals surface area contributed by atoms with Crippen LogP contribution in [0, 0.1) is 0 Å². The van der Waals surface area contributed by atoms with Gasteiger partial charge in [-0.3, -0.25) is 4.79 Å².